The number of carboxylic acid groups (broad SMARTS) is 1. The number of benzene rings is 3. The predicted molar refractivity (Wildman–Crippen MR) is 157 cm³/mol. The van der Waals surface area contributed by atoms with Crippen LogP contribution in [0.1, 0.15) is 27.9 Å². The van der Waals surface area contributed by atoms with Crippen LogP contribution in [0.3, 0.4) is 0 Å². The fraction of sp³-hybridized carbons (Fsp3) is 0.323. The Morgan fingerprint density at radius 3 is 2.43 bits per heavy atom. The highest BCUT2D eigenvalue weighted by Gasteiger charge is 2.34. The van der Waals surface area contributed by atoms with Gasteiger partial charge in [-0.05, 0) is 12.1 Å². The Bertz CT molecular complexity index is 1670. The number of carbonyl (C=O) groups excluding carboxylic acids is 1. The van der Waals surface area contributed by atoms with E-state index in [2.05, 4.69) is 20.3 Å². The maximum Gasteiger partial charge on any atom is 0.305 e. The van der Waals surface area contributed by atoms with Gasteiger partial charge in [-0.25, -0.2) is 0 Å². The third kappa shape index (κ3) is 4.65. The number of ketones is 1. The molecule has 0 unspecified atom stereocenters. The highest BCUT2D eigenvalue weighted by molar-refractivity contribution is 6.28. The van der Waals surface area contributed by atoms with E-state index in [0.29, 0.717) is 75.9 Å². The van der Waals surface area contributed by atoms with E-state index < -0.39 is 5.97 Å². The molecule has 2 N–H and O–H groups in total. The summed E-state index contributed by atoms with van der Waals surface area (Å²) in [6, 6.07) is 13.1. The standard InChI is InChI=1S/C31H32N4O7/c1-39-23-9-8-18(29(40-2)31(23)41-3)17-34-12-14-35(15-13-34)22-16-21(32-11-10-24(36)37)25-26-27(22)33-42-30(26)20-7-5-4-6-19(20)28(25)38/h4-9,16,32H,10-15,17H2,1-3H3,(H,36,37). The van der Waals surface area contributed by atoms with Gasteiger partial charge in [0.1, 0.15) is 5.52 Å². The van der Waals surface area contributed by atoms with Crippen LogP contribution in [0.25, 0.3) is 22.2 Å². The Kier molecular flexibility index (Phi) is 7.34. The third-order valence-electron chi connectivity index (χ3n) is 7.93. The van der Waals surface area contributed by atoms with Crippen LogP contribution in [0, 0.1) is 0 Å². The maximum absolute atomic E-state index is 13.7. The Morgan fingerprint density at radius 2 is 1.74 bits per heavy atom. The zero-order chi connectivity index (χ0) is 29.4. The number of nitrogens with zero attached hydrogens (tertiary/aromatic N) is 3. The molecule has 6 rings (SSSR count). The van der Waals surface area contributed by atoms with E-state index in [0.717, 1.165) is 24.3 Å². The van der Waals surface area contributed by atoms with Gasteiger partial charge in [0, 0.05) is 61.6 Å². The number of anilines is 2. The van der Waals surface area contributed by atoms with Gasteiger partial charge in [-0.15, -0.1) is 0 Å². The van der Waals surface area contributed by atoms with Crippen molar-refractivity contribution in [2.24, 2.45) is 0 Å². The highest BCUT2D eigenvalue weighted by Crippen LogP contribution is 2.46. The number of carbonyl (C=O) groups is 2. The molecular formula is C31H32N4O7. The van der Waals surface area contributed by atoms with Gasteiger partial charge in [0.25, 0.3) is 0 Å². The zero-order valence-electron chi connectivity index (χ0n) is 23.7. The SMILES string of the molecule is COc1ccc(CN2CCN(c3cc(NCCC(=O)O)c4c5c(onc35)-c3ccccc3C4=O)CC2)c(OC)c1OC. The molecular weight excluding hydrogens is 540 g/mol. The molecule has 1 aromatic heterocycles. The van der Waals surface area contributed by atoms with Crippen LogP contribution < -0.4 is 24.4 Å². The van der Waals surface area contributed by atoms with Crippen LogP contribution in [0.2, 0.25) is 0 Å². The monoisotopic (exact) mass is 572 g/mol. The lowest BCUT2D eigenvalue weighted by Crippen LogP contribution is -2.46. The maximum atomic E-state index is 13.7. The number of nitrogens with one attached hydrogen (secondary N) is 1. The van der Waals surface area contributed by atoms with E-state index in [9.17, 15) is 14.7 Å². The minimum Gasteiger partial charge on any atom is -0.493 e. The van der Waals surface area contributed by atoms with Crippen LogP contribution in [-0.2, 0) is 11.3 Å². The van der Waals surface area contributed by atoms with Gasteiger partial charge in [0.05, 0.1) is 44.4 Å². The van der Waals surface area contributed by atoms with Crippen molar-refractivity contribution >= 4 is 34.0 Å². The lowest BCUT2D eigenvalue weighted by atomic mass is 9.86. The molecule has 0 radical (unpaired) electrons. The second-order valence-corrected chi connectivity index (χ2v) is 10.3. The Morgan fingerprint density at radius 1 is 1.00 bits per heavy atom. The quantitative estimate of drug-likeness (QED) is 0.249. The Balaban J connectivity index is 1.30. The number of ether oxygens (including phenoxy) is 3. The van der Waals surface area contributed by atoms with Gasteiger partial charge in [-0.3, -0.25) is 14.5 Å². The van der Waals surface area contributed by atoms with Gasteiger partial charge >= 0.3 is 5.97 Å². The number of rotatable bonds is 10. The Labute approximate surface area is 242 Å². The highest BCUT2D eigenvalue weighted by atomic mass is 16.5. The summed E-state index contributed by atoms with van der Waals surface area (Å²) in [5.41, 5.74) is 4.77. The van der Waals surface area contributed by atoms with E-state index >= 15 is 0 Å². The summed E-state index contributed by atoms with van der Waals surface area (Å²) in [5.74, 6) is 1.34. The number of carboxylic acids is 1. The number of piperazine rings is 1. The molecule has 0 saturated carbocycles. The third-order valence-corrected chi connectivity index (χ3v) is 7.93. The molecule has 11 nitrogen and oxygen atoms in total. The normalized spacial score (nSPS) is 14.5. The van der Waals surface area contributed by atoms with Gasteiger partial charge < -0.3 is 34.1 Å². The second kappa shape index (κ2) is 11.2. The van der Waals surface area contributed by atoms with Crippen molar-refractivity contribution in [3.05, 3.63) is 59.2 Å². The summed E-state index contributed by atoms with van der Waals surface area (Å²) in [5, 5.41) is 17.5. The molecule has 11 heteroatoms. The summed E-state index contributed by atoms with van der Waals surface area (Å²) in [4.78, 5) is 29.5. The summed E-state index contributed by atoms with van der Waals surface area (Å²) in [6.45, 7) is 3.83. The van der Waals surface area contributed by atoms with Crippen LogP contribution >= 0.6 is 0 Å². The van der Waals surface area contributed by atoms with Crippen molar-refractivity contribution in [3.8, 4) is 28.6 Å². The summed E-state index contributed by atoms with van der Waals surface area (Å²) in [6.07, 6.45) is -0.0770. The van der Waals surface area contributed by atoms with Gasteiger partial charge in [0.15, 0.2) is 23.0 Å². The first-order chi connectivity index (χ1) is 20.4. The Hall–Kier alpha value is -4.77. The fourth-order valence-electron chi connectivity index (χ4n) is 5.90. The van der Waals surface area contributed by atoms with Crippen LogP contribution in [-0.4, -0.2) is 81.0 Å². The fourth-order valence-corrected chi connectivity index (χ4v) is 5.90. The molecule has 2 heterocycles. The van der Waals surface area contributed by atoms with E-state index in [-0.39, 0.29) is 18.7 Å². The molecule has 0 spiro atoms. The van der Waals surface area contributed by atoms with Crippen molar-refractivity contribution in [2.75, 3.05) is 64.3 Å². The lowest BCUT2D eigenvalue weighted by Gasteiger charge is -2.36. The minimum absolute atomic E-state index is 0.0770. The number of hydrogen-bond acceptors (Lipinski definition) is 10. The first-order valence-corrected chi connectivity index (χ1v) is 13.8. The second-order valence-electron chi connectivity index (χ2n) is 10.3. The first-order valence-electron chi connectivity index (χ1n) is 13.8. The molecule has 4 aromatic rings. The summed E-state index contributed by atoms with van der Waals surface area (Å²) < 4.78 is 22.5. The number of aliphatic carboxylic acids is 1. The number of fused-ring (bicyclic) bond motifs is 2. The topological polar surface area (TPSA) is 127 Å². The largest absolute Gasteiger partial charge is 0.493 e. The van der Waals surface area contributed by atoms with Crippen LogP contribution in [0.5, 0.6) is 17.2 Å². The van der Waals surface area contributed by atoms with Crippen molar-refractivity contribution in [1.29, 1.82) is 0 Å². The average Bonchev–Trinajstić information content (AvgIpc) is 3.45. The lowest BCUT2D eigenvalue weighted by molar-refractivity contribution is -0.136. The van der Waals surface area contributed by atoms with Crippen LogP contribution in [0.4, 0.5) is 11.4 Å². The molecule has 0 bridgehead atoms. The molecule has 2 aliphatic rings. The molecule has 1 fully saturated rings. The van der Waals surface area contributed by atoms with E-state index in [4.69, 9.17) is 18.7 Å². The minimum atomic E-state index is -0.915. The molecule has 0 atom stereocenters. The van der Waals surface area contributed by atoms with Gasteiger partial charge in [0.2, 0.25) is 5.75 Å². The summed E-state index contributed by atoms with van der Waals surface area (Å²) >= 11 is 0. The van der Waals surface area contributed by atoms with Crippen molar-refractivity contribution in [2.45, 2.75) is 13.0 Å². The van der Waals surface area contributed by atoms with E-state index in [1.54, 1.807) is 27.4 Å². The first kappa shape index (κ1) is 27.4. The smallest absolute Gasteiger partial charge is 0.305 e. The van der Waals surface area contributed by atoms with Crippen molar-refractivity contribution in [3.63, 3.8) is 0 Å². The average molecular weight is 573 g/mol. The molecule has 1 aliphatic carbocycles. The molecule has 1 saturated heterocycles. The molecule has 3 aromatic carbocycles. The molecule has 218 valence electrons. The molecule has 0 amide bonds. The van der Waals surface area contributed by atoms with Crippen molar-refractivity contribution in [1.82, 2.24) is 10.1 Å². The molecule has 1 aliphatic heterocycles. The van der Waals surface area contributed by atoms with Crippen LogP contribution in [0.15, 0.2) is 47.0 Å². The van der Waals surface area contributed by atoms with Gasteiger partial charge in [-0.1, -0.05) is 35.5 Å². The zero-order valence-corrected chi connectivity index (χ0v) is 23.7. The number of aromatic nitrogens is 1. The number of methoxy groups -OCH3 is 3. The number of hydrogen-bond donors (Lipinski definition) is 2. The predicted octanol–water partition coefficient (Wildman–Crippen LogP) is 4.27. The van der Waals surface area contributed by atoms with Crippen molar-refractivity contribution < 1.29 is 33.4 Å². The molecule has 42 heavy (non-hydrogen) atoms. The van der Waals surface area contributed by atoms with E-state index in [1.165, 1.54) is 0 Å². The summed E-state index contributed by atoms with van der Waals surface area (Å²) in [7, 11) is 4.82. The van der Waals surface area contributed by atoms with E-state index in [1.807, 2.05) is 36.4 Å². The van der Waals surface area contributed by atoms with Gasteiger partial charge in [-0.2, -0.15) is 0 Å².